The summed E-state index contributed by atoms with van der Waals surface area (Å²) in [5, 5.41) is 0. The maximum Gasteiger partial charge on any atom is 0.239 e. The number of benzene rings is 1. The van der Waals surface area contributed by atoms with Gasteiger partial charge in [-0.15, -0.1) is 0 Å². The number of nitrogens with zero attached hydrogens (tertiary/aromatic N) is 3. The third kappa shape index (κ3) is 4.90. The molecule has 0 saturated carbocycles. The zero-order valence-electron chi connectivity index (χ0n) is 17.1. The normalized spacial score (nSPS) is 22.2. The van der Waals surface area contributed by atoms with Gasteiger partial charge in [0.15, 0.2) is 0 Å². The number of hydrogen-bond acceptors (Lipinski definition) is 3. The topological polar surface area (TPSA) is 43.9 Å². The summed E-state index contributed by atoms with van der Waals surface area (Å²) in [6.07, 6.45) is 4.73. The Labute approximate surface area is 167 Å². The van der Waals surface area contributed by atoms with Crippen molar-refractivity contribution >= 4 is 11.8 Å². The van der Waals surface area contributed by atoms with Crippen LogP contribution in [-0.4, -0.2) is 71.3 Å². The molecule has 0 bridgehead atoms. The molecular weight excluding hydrogens is 357 g/mol. The first-order valence-corrected chi connectivity index (χ1v) is 10.6. The second-order valence-electron chi connectivity index (χ2n) is 7.99. The van der Waals surface area contributed by atoms with Crippen molar-refractivity contribution in [1.29, 1.82) is 0 Å². The molecule has 2 aliphatic rings. The summed E-state index contributed by atoms with van der Waals surface area (Å²) in [5.74, 6) is 0.00689. The van der Waals surface area contributed by atoms with Gasteiger partial charge in [0.2, 0.25) is 11.8 Å². The molecule has 0 radical (unpaired) electrons. The van der Waals surface area contributed by atoms with Crippen LogP contribution in [0.5, 0.6) is 0 Å². The SMILES string of the molecule is CCC1CCCCN1C(=O)C(C)N1CCN(C(=O)Cc2ccc(F)cc2)CC1. The van der Waals surface area contributed by atoms with E-state index in [0.717, 1.165) is 31.4 Å². The lowest BCUT2D eigenvalue weighted by Crippen LogP contribution is -2.57. The van der Waals surface area contributed by atoms with Gasteiger partial charge in [0, 0.05) is 38.8 Å². The lowest BCUT2D eigenvalue weighted by molar-refractivity contribution is -0.141. The maximum atomic E-state index is 13.0. The quantitative estimate of drug-likeness (QED) is 0.778. The summed E-state index contributed by atoms with van der Waals surface area (Å²) in [4.78, 5) is 31.7. The summed E-state index contributed by atoms with van der Waals surface area (Å²) >= 11 is 0. The molecule has 2 fully saturated rings. The first kappa shape index (κ1) is 20.8. The molecule has 5 nitrogen and oxygen atoms in total. The summed E-state index contributed by atoms with van der Waals surface area (Å²) in [6.45, 7) is 7.73. The van der Waals surface area contributed by atoms with Crippen LogP contribution in [-0.2, 0) is 16.0 Å². The number of piperazine rings is 1. The Balaban J connectivity index is 1.50. The van der Waals surface area contributed by atoms with Crippen molar-refractivity contribution < 1.29 is 14.0 Å². The van der Waals surface area contributed by atoms with Crippen molar-refractivity contribution in [3.63, 3.8) is 0 Å². The largest absolute Gasteiger partial charge is 0.340 e. The number of carbonyl (C=O) groups excluding carboxylic acids is 2. The van der Waals surface area contributed by atoms with Crippen LogP contribution in [0.4, 0.5) is 4.39 Å². The van der Waals surface area contributed by atoms with E-state index in [1.165, 1.54) is 18.6 Å². The third-order valence-corrected chi connectivity index (χ3v) is 6.22. The van der Waals surface area contributed by atoms with Gasteiger partial charge < -0.3 is 9.80 Å². The van der Waals surface area contributed by atoms with Gasteiger partial charge in [0.25, 0.3) is 0 Å². The molecule has 2 atom stereocenters. The van der Waals surface area contributed by atoms with E-state index < -0.39 is 0 Å². The summed E-state index contributed by atoms with van der Waals surface area (Å²) in [7, 11) is 0. The van der Waals surface area contributed by atoms with Gasteiger partial charge in [0.1, 0.15) is 5.82 Å². The van der Waals surface area contributed by atoms with E-state index in [4.69, 9.17) is 0 Å². The maximum absolute atomic E-state index is 13.0. The van der Waals surface area contributed by atoms with Crippen molar-refractivity contribution in [1.82, 2.24) is 14.7 Å². The van der Waals surface area contributed by atoms with Crippen molar-refractivity contribution in [2.45, 2.75) is 58.0 Å². The molecule has 3 rings (SSSR count). The Morgan fingerprint density at radius 2 is 1.75 bits per heavy atom. The number of amides is 2. The molecule has 2 amide bonds. The number of halogens is 1. The van der Waals surface area contributed by atoms with Crippen LogP contribution in [0.3, 0.4) is 0 Å². The zero-order valence-corrected chi connectivity index (χ0v) is 17.1. The minimum Gasteiger partial charge on any atom is -0.340 e. The molecule has 6 heteroatoms. The number of likely N-dealkylation sites (tertiary alicyclic amines) is 1. The monoisotopic (exact) mass is 389 g/mol. The summed E-state index contributed by atoms with van der Waals surface area (Å²) in [5.41, 5.74) is 0.827. The highest BCUT2D eigenvalue weighted by atomic mass is 19.1. The average Bonchev–Trinajstić information content (AvgIpc) is 2.74. The van der Waals surface area contributed by atoms with Crippen LogP contribution in [0.2, 0.25) is 0 Å². The fourth-order valence-corrected chi connectivity index (χ4v) is 4.36. The van der Waals surface area contributed by atoms with Gasteiger partial charge in [0.05, 0.1) is 12.5 Å². The highest BCUT2D eigenvalue weighted by Crippen LogP contribution is 2.22. The van der Waals surface area contributed by atoms with E-state index >= 15 is 0 Å². The van der Waals surface area contributed by atoms with Crippen LogP contribution in [0.25, 0.3) is 0 Å². The van der Waals surface area contributed by atoms with Crippen LogP contribution >= 0.6 is 0 Å². The van der Waals surface area contributed by atoms with Crippen molar-refractivity contribution in [2.24, 2.45) is 0 Å². The minimum atomic E-state index is -0.289. The molecule has 2 heterocycles. The van der Waals surface area contributed by atoms with Crippen LogP contribution < -0.4 is 0 Å². The Morgan fingerprint density at radius 3 is 2.39 bits per heavy atom. The molecule has 1 aromatic carbocycles. The standard InChI is InChI=1S/C22H32FN3O2/c1-3-20-6-4-5-11-26(20)22(28)17(2)24-12-14-25(15-13-24)21(27)16-18-7-9-19(23)10-8-18/h7-10,17,20H,3-6,11-16H2,1-2H3. The fourth-order valence-electron chi connectivity index (χ4n) is 4.36. The minimum absolute atomic E-state index is 0.0623. The number of rotatable bonds is 5. The number of carbonyl (C=O) groups is 2. The van der Waals surface area contributed by atoms with E-state index in [1.807, 2.05) is 11.8 Å². The van der Waals surface area contributed by atoms with Crippen LogP contribution in [0.15, 0.2) is 24.3 Å². The predicted molar refractivity (Wildman–Crippen MR) is 107 cm³/mol. The van der Waals surface area contributed by atoms with E-state index in [9.17, 15) is 14.0 Å². The van der Waals surface area contributed by atoms with E-state index in [1.54, 1.807) is 12.1 Å². The summed E-state index contributed by atoms with van der Waals surface area (Å²) < 4.78 is 13.0. The Bertz CT molecular complexity index is 671. The molecule has 28 heavy (non-hydrogen) atoms. The van der Waals surface area contributed by atoms with Crippen molar-refractivity contribution in [3.05, 3.63) is 35.6 Å². The molecule has 1 aromatic rings. The molecule has 0 spiro atoms. The fraction of sp³-hybridized carbons (Fsp3) is 0.636. The van der Waals surface area contributed by atoms with Gasteiger partial charge in [-0.2, -0.15) is 0 Å². The second-order valence-corrected chi connectivity index (χ2v) is 7.99. The highest BCUT2D eigenvalue weighted by molar-refractivity contribution is 5.82. The van der Waals surface area contributed by atoms with Gasteiger partial charge in [-0.25, -0.2) is 4.39 Å². The predicted octanol–water partition coefficient (Wildman–Crippen LogP) is 2.69. The summed E-state index contributed by atoms with van der Waals surface area (Å²) in [6, 6.07) is 6.33. The van der Waals surface area contributed by atoms with E-state index in [-0.39, 0.29) is 23.7 Å². The molecule has 0 N–H and O–H groups in total. The van der Waals surface area contributed by atoms with Crippen molar-refractivity contribution in [3.8, 4) is 0 Å². The lowest BCUT2D eigenvalue weighted by atomic mass is 9.99. The van der Waals surface area contributed by atoms with Gasteiger partial charge in [-0.1, -0.05) is 19.1 Å². The number of piperidine rings is 1. The first-order chi connectivity index (χ1) is 13.5. The molecular formula is C22H32FN3O2. The third-order valence-electron chi connectivity index (χ3n) is 6.22. The Morgan fingerprint density at radius 1 is 1.07 bits per heavy atom. The lowest BCUT2D eigenvalue weighted by Gasteiger charge is -2.42. The van der Waals surface area contributed by atoms with Crippen LogP contribution in [0.1, 0.15) is 45.1 Å². The smallest absolute Gasteiger partial charge is 0.239 e. The molecule has 0 aromatic heterocycles. The zero-order chi connectivity index (χ0) is 20.1. The molecule has 2 aliphatic heterocycles. The van der Waals surface area contributed by atoms with Crippen LogP contribution in [0, 0.1) is 5.82 Å². The van der Waals surface area contributed by atoms with Gasteiger partial charge >= 0.3 is 0 Å². The van der Waals surface area contributed by atoms with Gasteiger partial charge in [-0.3, -0.25) is 14.5 Å². The molecule has 0 aliphatic carbocycles. The Kier molecular flexibility index (Phi) is 7.05. The van der Waals surface area contributed by atoms with E-state index in [0.29, 0.717) is 38.6 Å². The number of hydrogen-bond donors (Lipinski definition) is 0. The molecule has 154 valence electrons. The first-order valence-electron chi connectivity index (χ1n) is 10.6. The van der Waals surface area contributed by atoms with E-state index in [2.05, 4.69) is 16.7 Å². The second kappa shape index (κ2) is 9.50. The Hall–Kier alpha value is -1.95. The van der Waals surface area contributed by atoms with Crippen molar-refractivity contribution in [2.75, 3.05) is 32.7 Å². The highest BCUT2D eigenvalue weighted by Gasteiger charge is 2.33. The average molecular weight is 390 g/mol. The molecule has 2 saturated heterocycles. The molecule has 2 unspecified atom stereocenters. The van der Waals surface area contributed by atoms with Gasteiger partial charge in [-0.05, 0) is 50.3 Å².